The van der Waals surface area contributed by atoms with E-state index in [0.717, 1.165) is 24.3 Å². The van der Waals surface area contributed by atoms with Crippen molar-refractivity contribution in [2.45, 2.75) is 32.2 Å². The van der Waals surface area contributed by atoms with Crippen LogP contribution in [-0.4, -0.2) is 43.3 Å². The van der Waals surface area contributed by atoms with Gasteiger partial charge in [-0.2, -0.15) is 0 Å². The molecule has 1 heterocycles. The Labute approximate surface area is 162 Å². The van der Waals surface area contributed by atoms with E-state index >= 15 is 0 Å². The van der Waals surface area contributed by atoms with Crippen LogP contribution in [0.1, 0.15) is 26.2 Å². The highest BCUT2D eigenvalue weighted by Crippen LogP contribution is 2.27. The van der Waals surface area contributed by atoms with Gasteiger partial charge in [0.25, 0.3) is 0 Å². The number of pyridine rings is 1. The van der Waals surface area contributed by atoms with Crippen molar-refractivity contribution >= 4 is 35.4 Å². The standard InChI is InChI=1S/C14H26N6.C6H7N/c1-5-6-10(20(3)4)7-8-18-12-9-11(15)13(16)19-14(12)17-2;7-6-4-2-1-3-5-6/h9-10,18H,2,5-8,15H2,1,3-4H3,(H2,16,19);1-5H,7H2. The Kier molecular flexibility index (Phi) is 9.68. The van der Waals surface area contributed by atoms with Gasteiger partial charge < -0.3 is 27.4 Å². The Morgan fingerprint density at radius 3 is 2.30 bits per heavy atom. The summed E-state index contributed by atoms with van der Waals surface area (Å²) in [6.45, 7) is 6.54. The van der Waals surface area contributed by atoms with Crippen molar-refractivity contribution in [2.75, 3.05) is 43.2 Å². The first kappa shape index (κ1) is 22.2. The Bertz CT molecular complexity index is 686. The zero-order valence-electron chi connectivity index (χ0n) is 16.7. The van der Waals surface area contributed by atoms with Crippen molar-refractivity contribution < 1.29 is 0 Å². The van der Waals surface area contributed by atoms with E-state index in [9.17, 15) is 0 Å². The van der Waals surface area contributed by atoms with Gasteiger partial charge in [0.2, 0.25) is 0 Å². The molecule has 0 saturated carbocycles. The fraction of sp³-hybridized carbons (Fsp3) is 0.400. The summed E-state index contributed by atoms with van der Waals surface area (Å²) in [7, 11) is 4.22. The molecule has 0 fully saturated rings. The third-order valence-electron chi connectivity index (χ3n) is 4.16. The monoisotopic (exact) mass is 371 g/mol. The van der Waals surface area contributed by atoms with E-state index < -0.39 is 0 Å². The summed E-state index contributed by atoms with van der Waals surface area (Å²) < 4.78 is 0. The molecule has 0 amide bonds. The number of hydrogen-bond acceptors (Lipinski definition) is 7. The molecule has 0 aliphatic rings. The van der Waals surface area contributed by atoms with E-state index in [1.807, 2.05) is 30.3 Å². The summed E-state index contributed by atoms with van der Waals surface area (Å²) in [6, 6.07) is 11.8. The van der Waals surface area contributed by atoms with E-state index in [1.54, 1.807) is 6.07 Å². The topological polar surface area (TPSA) is 119 Å². The minimum absolute atomic E-state index is 0.287. The number of nitrogens with two attached hydrogens (primary N) is 3. The highest BCUT2D eigenvalue weighted by atomic mass is 15.1. The number of hydrogen-bond donors (Lipinski definition) is 4. The molecule has 1 aromatic heterocycles. The van der Waals surface area contributed by atoms with Crippen LogP contribution in [0.5, 0.6) is 0 Å². The number of rotatable bonds is 8. The third-order valence-corrected chi connectivity index (χ3v) is 4.16. The van der Waals surface area contributed by atoms with Crippen LogP contribution in [0.15, 0.2) is 41.4 Å². The average Bonchev–Trinajstić information content (AvgIpc) is 2.64. The molecule has 0 aliphatic carbocycles. The summed E-state index contributed by atoms with van der Waals surface area (Å²) in [5, 5.41) is 3.32. The van der Waals surface area contributed by atoms with E-state index in [1.165, 1.54) is 12.8 Å². The van der Waals surface area contributed by atoms with Gasteiger partial charge in [0.15, 0.2) is 5.82 Å². The van der Waals surface area contributed by atoms with Crippen molar-refractivity contribution in [3.05, 3.63) is 36.4 Å². The SMILES string of the molecule is C=Nc1nc(N)c(N)cc1NCCC(CCC)N(C)C.Nc1ccccc1. The zero-order chi connectivity index (χ0) is 20.2. The Balaban J connectivity index is 0.000000433. The molecular formula is C20H33N7. The van der Waals surface area contributed by atoms with Crippen LogP contribution in [0.25, 0.3) is 0 Å². The van der Waals surface area contributed by atoms with Gasteiger partial charge in [0, 0.05) is 18.3 Å². The minimum Gasteiger partial charge on any atom is -0.399 e. The van der Waals surface area contributed by atoms with E-state index in [0.29, 0.717) is 17.5 Å². The van der Waals surface area contributed by atoms with Crippen LogP contribution in [0.4, 0.5) is 28.7 Å². The second-order valence-electron chi connectivity index (χ2n) is 6.52. The van der Waals surface area contributed by atoms with Gasteiger partial charge in [-0.25, -0.2) is 9.98 Å². The van der Waals surface area contributed by atoms with Crippen LogP contribution in [-0.2, 0) is 0 Å². The van der Waals surface area contributed by atoms with Crippen LogP contribution < -0.4 is 22.5 Å². The highest BCUT2D eigenvalue weighted by molar-refractivity contribution is 5.74. The minimum atomic E-state index is 0.287. The molecule has 1 unspecified atom stereocenters. The number of aromatic nitrogens is 1. The molecule has 7 nitrogen and oxygen atoms in total. The Morgan fingerprint density at radius 1 is 1.15 bits per heavy atom. The molecule has 2 aromatic rings. The number of benzene rings is 1. The summed E-state index contributed by atoms with van der Waals surface area (Å²) in [5.41, 5.74) is 18.9. The first-order valence-corrected chi connectivity index (χ1v) is 9.12. The molecule has 7 heteroatoms. The smallest absolute Gasteiger partial charge is 0.177 e. The van der Waals surface area contributed by atoms with Crippen LogP contribution in [0.2, 0.25) is 0 Å². The molecule has 0 aliphatic heterocycles. The Morgan fingerprint density at radius 2 is 1.81 bits per heavy atom. The molecule has 2 rings (SSSR count). The molecular weight excluding hydrogens is 338 g/mol. The number of para-hydroxylation sites is 1. The molecule has 148 valence electrons. The quantitative estimate of drug-likeness (QED) is 0.417. The summed E-state index contributed by atoms with van der Waals surface area (Å²) in [6.07, 6.45) is 3.41. The largest absolute Gasteiger partial charge is 0.399 e. The normalized spacial score (nSPS) is 11.4. The molecule has 27 heavy (non-hydrogen) atoms. The summed E-state index contributed by atoms with van der Waals surface area (Å²) in [4.78, 5) is 10.2. The molecule has 0 radical (unpaired) electrons. The first-order chi connectivity index (χ1) is 12.9. The predicted molar refractivity (Wildman–Crippen MR) is 119 cm³/mol. The predicted octanol–water partition coefficient (Wildman–Crippen LogP) is 3.38. The lowest BCUT2D eigenvalue weighted by molar-refractivity contribution is 0.267. The number of nitrogens with one attached hydrogen (secondary N) is 1. The maximum atomic E-state index is 5.77. The number of nitrogens with zero attached hydrogens (tertiary/aromatic N) is 3. The summed E-state index contributed by atoms with van der Waals surface area (Å²) in [5.74, 6) is 0.781. The molecule has 0 bridgehead atoms. The first-order valence-electron chi connectivity index (χ1n) is 9.12. The number of anilines is 4. The number of aliphatic imine (C=N–C) groups is 1. The lowest BCUT2D eigenvalue weighted by Gasteiger charge is -2.24. The fourth-order valence-corrected chi connectivity index (χ4v) is 2.60. The van der Waals surface area contributed by atoms with E-state index in [-0.39, 0.29) is 5.82 Å². The van der Waals surface area contributed by atoms with Crippen molar-refractivity contribution in [2.24, 2.45) is 4.99 Å². The van der Waals surface area contributed by atoms with Crippen molar-refractivity contribution in [3.8, 4) is 0 Å². The fourth-order valence-electron chi connectivity index (χ4n) is 2.60. The number of nitrogen functional groups attached to an aromatic ring is 3. The molecule has 1 aromatic carbocycles. The van der Waals surface area contributed by atoms with Gasteiger partial charge in [-0.3, -0.25) is 0 Å². The lowest BCUT2D eigenvalue weighted by atomic mass is 10.1. The maximum absolute atomic E-state index is 5.77. The zero-order valence-corrected chi connectivity index (χ0v) is 16.7. The third kappa shape index (κ3) is 7.96. The van der Waals surface area contributed by atoms with Crippen LogP contribution in [0, 0.1) is 0 Å². The molecule has 7 N–H and O–H groups in total. The van der Waals surface area contributed by atoms with Crippen molar-refractivity contribution in [1.82, 2.24) is 9.88 Å². The van der Waals surface area contributed by atoms with Gasteiger partial charge >= 0.3 is 0 Å². The van der Waals surface area contributed by atoms with Crippen molar-refractivity contribution in [1.29, 1.82) is 0 Å². The van der Waals surface area contributed by atoms with E-state index in [4.69, 9.17) is 17.2 Å². The van der Waals surface area contributed by atoms with Gasteiger partial charge in [-0.15, -0.1) is 0 Å². The van der Waals surface area contributed by atoms with Crippen molar-refractivity contribution in [3.63, 3.8) is 0 Å². The maximum Gasteiger partial charge on any atom is 0.177 e. The molecule has 0 spiro atoms. The van der Waals surface area contributed by atoms with Gasteiger partial charge in [0.05, 0.1) is 11.4 Å². The van der Waals surface area contributed by atoms with Crippen LogP contribution in [0.3, 0.4) is 0 Å². The van der Waals surface area contributed by atoms with Gasteiger partial charge in [-0.05, 0) is 51.9 Å². The lowest BCUT2D eigenvalue weighted by Crippen LogP contribution is -2.29. The Hall–Kier alpha value is -2.80. The molecule has 0 saturated heterocycles. The second kappa shape index (κ2) is 11.7. The second-order valence-corrected chi connectivity index (χ2v) is 6.52. The van der Waals surface area contributed by atoms with Gasteiger partial charge in [0.1, 0.15) is 5.82 Å². The average molecular weight is 372 g/mol. The summed E-state index contributed by atoms with van der Waals surface area (Å²) >= 11 is 0. The van der Waals surface area contributed by atoms with E-state index in [2.05, 4.69) is 47.9 Å². The molecule has 1 atom stereocenters. The highest BCUT2D eigenvalue weighted by Gasteiger charge is 2.11. The van der Waals surface area contributed by atoms with Gasteiger partial charge in [-0.1, -0.05) is 31.5 Å². The van der Waals surface area contributed by atoms with Crippen LogP contribution >= 0.6 is 0 Å².